The highest BCUT2D eigenvalue weighted by atomic mass is 16.3. The maximum atomic E-state index is 11.4. The zero-order valence-corrected chi connectivity index (χ0v) is 11.5. The molecule has 3 N–H and O–H groups in total. The molecule has 0 fully saturated rings. The van der Waals surface area contributed by atoms with E-state index in [1.807, 2.05) is 6.07 Å². The Kier molecular flexibility index (Phi) is 3.46. The largest absolute Gasteiger partial charge is 0.508 e. The predicted octanol–water partition coefficient (Wildman–Crippen LogP) is 2.79. The number of phenols is 1. The smallest absolute Gasteiger partial charge is 0.238 e. The molecule has 0 saturated carbocycles. The molecule has 1 heterocycles. The van der Waals surface area contributed by atoms with Crippen LogP contribution in [-0.4, -0.2) is 21.0 Å². The average molecular weight is 292 g/mol. The van der Waals surface area contributed by atoms with E-state index in [1.165, 1.54) is 0 Å². The van der Waals surface area contributed by atoms with E-state index in [2.05, 4.69) is 15.3 Å². The molecule has 0 aliphatic rings. The van der Waals surface area contributed by atoms with Crippen LogP contribution in [0, 0.1) is 11.3 Å². The quantitative estimate of drug-likeness (QED) is 0.690. The summed E-state index contributed by atoms with van der Waals surface area (Å²) < 4.78 is 0. The molecule has 2 aromatic carbocycles. The van der Waals surface area contributed by atoms with Crippen LogP contribution in [0.1, 0.15) is 6.42 Å². The monoisotopic (exact) mass is 292 g/mol. The van der Waals surface area contributed by atoms with Crippen molar-refractivity contribution in [3.05, 3.63) is 42.5 Å². The van der Waals surface area contributed by atoms with Crippen LogP contribution < -0.4 is 5.32 Å². The molecule has 6 nitrogen and oxygen atoms in total. The second-order valence-electron chi connectivity index (χ2n) is 4.75. The van der Waals surface area contributed by atoms with E-state index in [1.54, 1.807) is 42.5 Å². The molecular formula is C16H12N4O2. The summed E-state index contributed by atoms with van der Waals surface area (Å²) in [6.45, 7) is 0. The van der Waals surface area contributed by atoms with Gasteiger partial charge in [-0.15, -0.1) is 0 Å². The van der Waals surface area contributed by atoms with Crippen LogP contribution in [0.4, 0.5) is 5.69 Å². The lowest BCUT2D eigenvalue weighted by atomic mass is 10.2. The normalized spacial score (nSPS) is 10.3. The van der Waals surface area contributed by atoms with Crippen molar-refractivity contribution in [3.8, 4) is 23.2 Å². The molecule has 22 heavy (non-hydrogen) atoms. The van der Waals surface area contributed by atoms with Crippen molar-refractivity contribution in [3.63, 3.8) is 0 Å². The lowest BCUT2D eigenvalue weighted by Crippen LogP contribution is -2.09. The van der Waals surface area contributed by atoms with Gasteiger partial charge in [-0.1, -0.05) is 12.1 Å². The molecule has 0 unspecified atom stereocenters. The Balaban J connectivity index is 1.94. The molecule has 0 radical (unpaired) electrons. The van der Waals surface area contributed by atoms with E-state index in [0.29, 0.717) is 11.5 Å². The number of nitriles is 1. The lowest BCUT2D eigenvalue weighted by molar-refractivity contribution is -0.115. The fourth-order valence-corrected chi connectivity index (χ4v) is 2.15. The summed E-state index contributed by atoms with van der Waals surface area (Å²) in [5.41, 5.74) is 2.87. The van der Waals surface area contributed by atoms with Crippen LogP contribution >= 0.6 is 0 Å². The molecule has 108 valence electrons. The summed E-state index contributed by atoms with van der Waals surface area (Å²) >= 11 is 0. The Morgan fingerprint density at radius 3 is 2.95 bits per heavy atom. The summed E-state index contributed by atoms with van der Waals surface area (Å²) in [5.74, 6) is 0.448. The van der Waals surface area contributed by atoms with Gasteiger partial charge < -0.3 is 15.4 Å². The molecule has 0 bridgehead atoms. The number of hydrogen-bond acceptors (Lipinski definition) is 4. The van der Waals surface area contributed by atoms with Crippen LogP contribution in [0.15, 0.2) is 42.5 Å². The number of fused-ring (bicyclic) bond motifs is 1. The Labute approximate surface area is 126 Å². The van der Waals surface area contributed by atoms with Crippen molar-refractivity contribution in [2.45, 2.75) is 6.42 Å². The molecule has 0 aliphatic carbocycles. The van der Waals surface area contributed by atoms with Crippen LogP contribution in [0.5, 0.6) is 5.75 Å². The number of aromatic nitrogens is 2. The number of hydrogen-bond donors (Lipinski definition) is 3. The van der Waals surface area contributed by atoms with Crippen molar-refractivity contribution in [1.82, 2.24) is 9.97 Å². The van der Waals surface area contributed by atoms with E-state index < -0.39 is 0 Å². The van der Waals surface area contributed by atoms with Gasteiger partial charge in [0, 0.05) is 11.3 Å². The average Bonchev–Trinajstić information content (AvgIpc) is 2.90. The number of nitrogens with one attached hydrogen (secondary N) is 2. The van der Waals surface area contributed by atoms with Crippen LogP contribution in [0.25, 0.3) is 22.4 Å². The maximum absolute atomic E-state index is 11.4. The Morgan fingerprint density at radius 2 is 2.18 bits per heavy atom. The van der Waals surface area contributed by atoms with Gasteiger partial charge >= 0.3 is 0 Å². The van der Waals surface area contributed by atoms with Crippen molar-refractivity contribution >= 4 is 22.6 Å². The first-order valence-corrected chi connectivity index (χ1v) is 6.62. The van der Waals surface area contributed by atoms with Gasteiger partial charge in [0.1, 0.15) is 18.0 Å². The van der Waals surface area contributed by atoms with Gasteiger partial charge in [-0.25, -0.2) is 4.98 Å². The summed E-state index contributed by atoms with van der Waals surface area (Å²) in [5, 5.41) is 20.7. The van der Waals surface area contributed by atoms with Gasteiger partial charge in [0.25, 0.3) is 0 Å². The molecule has 1 aromatic heterocycles. The highest BCUT2D eigenvalue weighted by Gasteiger charge is 2.08. The third-order valence-electron chi connectivity index (χ3n) is 3.12. The van der Waals surface area contributed by atoms with Gasteiger partial charge in [0.2, 0.25) is 5.91 Å². The molecule has 0 atom stereocenters. The van der Waals surface area contributed by atoms with Gasteiger partial charge in [0.05, 0.1) is 17.1 Å². The third kappa shape index (κ3) is 2.74. The predicted molar refractivity (Wildman–Crippen MR) is 82.1 cm³/mol. The molecule has 0 saturated heterocycles. The molecule has 3 aromatic rings. The minimum absolute atomic E-state index is 0.169. The van der Waals surface area contributed by atoms with Gasteiger partial charge in [-0.05, 0) is 30.3 Å². The first kappa shape index (κ1) is 13.6. The molecule has 1 amide bonds. The number of benzene rings is 2. The highest BCUT2D eigenvalue weighted by Crippen LogP contribution is 2.25. The van der Waals surface area contributed by atoms with Gasteiger partial charge in [0.15, 0.2) is 0 Å². The standard InChI is InChI=1S/C16H12N4O2/c17-7-6-15(22)18-11-4-5-13-14(9-11)20-16(19-13)10-2-1-3-12(21)8-10/h1-5,8-9,21H,6H2,(H,18,22)(H,19,20). The maximum Gasteiger partial charge on any atom is 0.238 e. The van der Waals surface area contributed by atoms with Crippen LogP contribution in [-0.2, 0) is 4.79 Å². The van der Waals surface area contributed by atoms with Gasteiger partial charge in [-0.2, -0.15) is 5.26 Å². The van der Waals surface area contributed by atoms with Crippen molar-refractivity contribution in [2.24, 2.45) is 0 Å². The fraction of sp³-hybridized carbons (Fsp3) is 0.0625. The first-order valence-electron chi connectivity index (χ1n) is 6.62. The molecule has 0 spiro atoms. The van der Waals surface area contributed by atoms with E-state index in [0.717, 1.165) is 16.6 Å². The number of aromatic hydroxyl groups is 1. The minimum atomic E-state index is -0.352. The van der Waals surface area contributed by atoms with E-state index in [4.69, 9.17) is 5.26 Å². The number of H-pyrrole nitrogens is 1. The number of amides is 1. The van der Waals surface area contributed by atoms with Crippen LogP contribution in [0.3, 0.4) is 0 Å². The second kappa shape index (κ2) is 5.58. The van der Waals surface area contributed by atoms with E-state index in [9.17, 15) is 9.90 Å². The first-order chi connectivity index (χ1) is 10.7. The minimum Gasteiger partial charge on any atom is -0.508 e. The number of phenolic OH excluding ortho intramolecular Hbond substituents is 1. The van der Waals surface area contributed by atoms with Crippen molar-refractivity contribution < 1.29 is 9.90 Å². The van der Waals surface area contributed by atoms with Gasteiger partial charge in [-0.3, -0.25) is 4.79 Å². The SMILES string of the molecule is N#CCC(=O)Nc1ccc2nc(-c3cccc(O)c3)[nH]c2c1. The number of carbonyl (C=O) groups excluding carboxylic acids is 1. The number of aromatic amines is 1. The summed E-state index contributed by atoms with van der Waals surface area (Å²) in [6.07, 6.45) is -0.185. The van der Waals surface area contributed by atoms with E-state index in [-0.39, 0.29) is 18.1 Å². The number of nitrogens with zero attached hydrogens (tertiary/aromatic N) is 2. The number of carbonyl (C=O) groups is 1. The number of imidazole rings is 1. The Morgan fingerprint density at radius 1 is 1.32 bits per heavy atom. The Bertz CT molecular complexity index is 893. The lowest BCUT2D eigenvalue weighted by Gasteiger charge is -2.01. The highest BCUT2D eigenvalue weighted by molar-refractivity contribution is 5.94. The topological polar surface area (TPSA) is 102 Å². The Hall–Kier alpha value is -3.33. The number of anilines is 1. The summed E-state index contributed by atoms with van der Waals surface area (Å²) in [7, 11) is 0. The van der Waals surface area contributed by atoms with Crippen molar-refractivity contribution in [1.29, 1.82) is 5.26 Å². The zero-order chi connectivity index (χ0) is 15.5. The molecule has 0 aliphatic heterocycles. The summed E-state index contributed by atoms with van der Waals surface area (Å²) in [4.78, 5) is 19.0. The zero-order valence-electron chi connectivity index (χ0n) is 11.5. The van der Waals surface area contributed by atoms with E-state index >= 15 is 0 Å². The molecule has 3 rings (SSSR count). The third-order valence-corrected chi connectivity index (χ3v) is 3.12. The molecular weight excluding hydrogens is 280 g/mol. The van der Waals surface area contributed by atoms with Crippen LogP contribution in [0.2, 0.25) is 0 Å². The summed E-state index contributed by atoms with van der Waals surface area (Å²) in [6, 6.07) is 13.9. The molecule has 6 heteroatoms. The van der Waals surface area contributed by atoms with Crippen molar-refractivity contribution in [2.75, 3.05) is 5.32 Å². The number of rotatable bonds is 3. The second-order valence-corrected chi connectivity index (χ2v) is 4.75. The fourth-order valence-electron chi connectivity index (χ4n) is 2.15.